The summed E-state index contributed by atoms with van der Waals surface area (Å²) in [5.41, 5.74) is 0.471. The van der Waals surface area contributed by atoms with Crippen LogP contribution in [0.25, 0.3) is 0 Å². The van der Waals surface area contributed by atoms with Gasteiger partial charge in [-0.05, 0) is 43.7 Å². The largest absolute Gasteiger partial charge is 0.345 e. The number of carbonyl (C=O) groups is 1. The van der Waals surface area contributed by atoms with Gasteiger partial charge < -0.3 is 10.2 Å². The fourth-order valence-electron chi connectivity index (χ4n) is 2.27. The third kappa shape index (κ3) is 4.67. The molecule has 0 aromatic heterocycles. The second kappa shape index (κ2) is 7.92. The molecule has 0 saturated carbocycles. The van der Waals surface area contributed by atoms with E-state index in [1.165, 1.54) is 29.2 Å². The van der Waals surface area contributed by atoms with Crippen LogP contribution in [0.3, 0.4) is 0 Å². The molecule has 0 spiro atoms. The smallest absolute Gasteiger partial charge is 0.253 e. The lowest BCUT2D eigenvalue weighted by Gasteiger charge is -2.23. The molecule has 1 fully saturated rings. The van der Waals surface area contributed by atoms with Crippen molar-refractivity contribution in [2.24, 2.45) is 0 Å². The van der Waals surface area contributed by atoms with Crippen molar-refractivity contribution >= 4 is 28.3 Å². The minimum atomic E-state index is -3.54. The van der Waals surface area contributed by atoms with Crippen LogP contribution in [0, 0.1) is 0 Å². The van der Waals surface area contributed by atoms with Gasteiger partial charge in [0.15, 0.2) is 0 Å². The van der Waals surface area contributed by atoms with Gasteiger partial charge in [-0.3, -0.25) is 4.79 Å². The first-order valence-electron chi connectivity index (χ1n) is 6.95. The van der Waals surface area contributed by atoms with Crippen LogP contribution in [-0.2, 0) is 10.0 Å². The molecule has 0 bridgehead atoms. The molecular weight excluding hydrogens is 326 g/mol. The van der Waals surface area contributed by atoms with Crippen molar-refractivity contribution in [2.75, 3.05) is 27.2 Å². The number of halogens is 1. The van der Waals surface area contributed by atoms with Gasteiger partial charge in [-0.15, -0.1) is 12.4 Å². The maximum atomic E-state index is 12.3. The average molecular weight is 348 g/mol. The van der Waals surface area contributed by atoms with Crippen LogP contribution in [0.2, 0.25) is 0 Å². The number of sulfonamides is 1. The fourth-order valence-corrected chi connectivity index (χ4v) is 3.55. The van der Waals surface area contributed by atoms with Gasteiger partial charge in [0.25, 0.3) is 5.91 Å². The van der Waals surface area contributed by atoms with Crippen LogP contribution in [-0.4, -0.2) is 52.5 Å². The minimum absolute atomic E-state index is 0. The summed E-state index contributed by atoms with van der Waals surface area (Å²) >= 11 is 0. The topological polar surface area (TPSA) is 78.5 Å². The lowest BCUT2D eigenvalue weighted by Crippen LogP contribution is -2.45. The molecule has 1 amide bonds. The van der Waals surface area contributed by atoms with E-state index in [1.807, 2.05) is 0 Å². The molecule has 124 valence electrons. The van der Waals surface area contributed by atoms with Crippen molar-refractivity contribution in [2.45, 2.75) is 23.8 Å². The Bertz CT molecular complexity index is 596. The first kappa shape index (κ1) is 18.9. The first-order chi connectivity index (χ1) is 9.90. The summed E-state index contributed by atoms with van der Waals surface area (Å²) in [4.78, 5) is 13.4. The zero-order valence-electron chi connectivity index (χ0n) is 12.7. The van der Waals surface area contributed by atoms with Crippen molar-refractivity contribution in [1.82, 2.24) is 14.9 Å². The lowest BCUT2D eigenvalue weighted by atomic mass is 10.1. The number of benzene rings is 1. The van der Waals surface area contributed by atoms with E-state index in [2.05, 4.69) is 10.0 Å². The van der Waals surface area contributed by atoms with Gasteiger partial charge in [0.05, 0.1) is 4.90 Å². The summed E-state index contributed by atoms with van der Waals surface area (Å²) < 4.78 is 27.3. The van der Waals surface area contributed by atoms with Gasteiger partial charge in [0.1, 0.15) is 0 Å². The Morgan fingerprint density at radius 3 is 2.41 bits per heavy atom. The lowest BCUT2D eigenvalue weighted by molar-refractivity contribution is 0.0827. The molecule has 0 aliphatic carbocycles. The van der Waals surface area contributed by atoms with E-state index in [0.717, 1.165) is 19.4 Å². The fraction of sp³-hybridized carbons (Fsp3) is 0.500. The Morgan fingerprint density at radius 1 is 1.27 bits per heavy atom. The van der Waals surface area contributed by atoms with Crippen LogP contribution in [0.1, 0.15) is 23.2 Å². The number of amides is 1. The summed E-state index contributed by atoms with van der Waals surface area (Å²) in [6.45, 7) is 1.58. The predicted molar refractivity (Wildman–Crippen MR) is 87.9 cm³/mol. The number of nitrogens with zero attached hydrogens (tertiary/aromatic N) is 1. The standard InChI is InChI=1S/C14H21N3O3S.ClH/c1-17(2)14(18)11-5-7-13(8-6-11)21(19,20)16-12-4-3-9-15-10-12;/h5-8,12,15-16H,3-4,9-10H2,1-2H3;1H. The molecule has 1 aliphatic heterocycles. The van der Waals surface area contributed by atoms with E-state index in [9.17, 15) is 13.2 Å². The number of rotatable bonds is 4. The molecule has 0 radical (unpaired) electrons. The number of piperidine rings is 1. The number of carbonyl (C=O) groups excluding carboxylic acids is 1. The van der Waals surface area contributed by atoms with Crippen LogP contribution in [0.5, 0.6) is 0 Å². The predicted octanol–water partition coefficient (Wildman–Crippen LogP) is 0.841. The second-order valence-corrected chi connectivity index (χ2v) is 7.10. The highest BCUT2D eigenvalue weighted by atomic mass is 35.5. The molecule has 8 heteroatoms. The number of hydrogen-bond acceptors (Lipinski definition) is 4. The second-order valence-electron chi connectivity index (χ2n) is 5.39. The third-order valence-corrected chi connectivity index (χ3v) is 4.97. The Labute approximate surface area is 137 Å². The zero-order chi connectivity index (χ0) is 15.5. The van der Waals surface area contributed by atoms with E-state index in [-0.39, 0.29) is 29.3 Å². The monoisotopic (exact) mass is 347 g/mol. The highest BCUT2D eigenvalue weighted by Gasteiger charge is 2.22. The van der Waals surface area contributed by atoms with Crippen LogP contribution in [0.4, 0.5) is 0 Å². The highest BCUT2D eigenvalue weighted by molar-refractivity contribution is 7.89. The third-order valence-electron chi connectivity index (χ3n) is 3.44. The molecule has 22 heavy (non-hydrogen) atoms. The molecule has 1 aromatic carbocycles. The quantitative estimate of drug-likeness (QED) is 0.846. The van der Waals surface area contributed by atoms with E-state index in [1.54, 1.807) is 14.1 Å². The van der Waals surface area contributed by atoms with Gasteiger partial charge >= 0.3 is 0 Å². The van der Waals surface area contributed by atoms with E-state index in [4.69, 9.17) is 0 Å². The zero-order valence-corrected chi connectivity index (χ0v) is 14.3. The van der Waals surface area contributed by atoms with Gasteiger partial charge in [0.2, 0.25) is 10.0 Å². The summed E-state index contributed by atoms with van der Waals surface area (Å²) in [5, 5.41) is 3.17. The van der Waals surface area contributed by atoms with Crippen LogP contribution < -0.4 is 10.0 Å². The van der Waals surface area contributed by atoms with Crippen LogP contribution >= 0.6 is 12.4 Å². The summed E-state index contributed by atoms with van der Waals surface area (Å²) in [5.74, 6) is -0.150. The Kier molecular flexibility index (Phi) is 6.80. The summed E-state index contributed by atoms with van der Waals surface area (Å²) in [6, 6.07) is 5.93. The molecule has 1 aromatic rings. The summed E-state index contributed by atoms with van der Waals surface area (Å²) in [7, 11) is -0.223. The van der Waals surface area contributed by atoms with E-state index < -0.39 is 10.0 Å². The van der Waals surface area contributed by atoms with Gasteiger partial charge in [-0.2, -0.15) is 0 Å². The molecule has 1 atom stereocenters. The Balaban J connectivity index is 0.00000242. The van der Waals surface area contributed by atoms with E-state index >= 15 is 0 Å². The number of nitrogens with one attached hydrogen (secondary N) is 2. The van der Waals surface area contributed by atoms with E-state index in [0.29, 0.717) is 12.1 Å². The molecule has 2 N–H and O–H groups in total. The Morgan fingerprint density at radius 2 is 1.91 bits per heavy atom. The van der Waals surface area contributed by atoms with Crippen molar-refractivity contribution in [3.8, 4) is 0 Å². The molecule has 6 nitrogen and oxygen atoms in total. The SMILES string of the molecule is CN(C)C(=O)c1ccc(S(=O)(=O)NC2CCCNC2)cc1.Cl. The first-order valence-corrected chi connectivity index (χ1v) is 8.43. The molecule has 1 saturated heterocycles. The molecule has 1 heterocycles. The Hall–Kier alpha value is -1.15. The normalized spacial score (nSPS) is 18.4. The number of hydrogen-bond donors (Lipinski definition) is 2. The van der Waals surface area contributed by atoms with Crippen LogP contribution in [0.15, 0.2) is 29.2 Å². The maximum Gasteiger partial charge on any atom is 0.253 e. The van der Waals surface area contributed by atoms with Crippen molar-refractivity contribution in [1.29, 1.82) is 0 Å². The van der Waals surface area contributed by atoms with Gasteiger partial charge in [-0.25, -0.2) is 13.1 Å². The van der Waals surface area contributed by atoms with Gasteiger partial charge in [-0.1, -0.05) is 0 Å². The molecular formula is C14H22ClN3O3S. The molecule has 1 aliphatic rings. The minimum Gasteiger partial charge on any atom is -0.345 e. The maximum absolute atomic E-state index is 12.3. The summed E-state index contributed by atoms with van der Waals surface area (Å²) in [6.07, 6.45) is 1.80. The van der Waals surface area contributed by atoms with Crippen molar-refractivity contribution < 1.29 is 13.2 Å². The van der Waals surface area contributed by atoms with Gasteiger partial charge in [0, 0.05) is 32.2 Å². The van der Waals surface area contributed by atoms with Crippen molar-refractivity contribution in [3.05, 3.63) is 29.8 Å². The van der Waals surface area contributed by atoms with Crippen molar-refractivity contribution in [3.63, 3.8) is 0 Å². The average Bonchev–Trinajstić information content (AvgIpc) is 2.47. The molecule has 1 unspecified atom stereocenters. The highest BCUT2D eigenvalue weighted by Crippen LogP contribution is 2.13. The molecule has 2 rings (SSSR count).